The molecular weight excluding hydrogens is 128 g/mol. The van der Waals surface area contributed by atoms with Gasteiger partial charge >= 0.3 is 0 Å². The number of epoxide rings is 2. The first-order valence-electron chi connectivity index (χ1n) is 3.47. The Balaban J connectivity index is 2.04. The number of rotatable bonds is 3. The van der Waals surface area contributed by atoms with Gasteiger partial charge in [0.15, 0.2) is 0 Å². The molecule has 2 atom stereocenters. The van der Waals surface area contributed by atoms with Gasteiger partial charge in [0.25, 0.3) is 0 Å². The summed E-state index contributed by atoms with van der Waals surface area (Å²) in [5.41, 5.74) is 1.26. The minimum atomic E-state index is 0.338. The lowest BCUT2D eigenvalue weighted by atomic mass is 10.1. The molecule has 2 aliphatic heterocycles. The number of allylic oxidation sites excluding steroid dienone is 2. The maximum Gasteiger partial charge on any atom is 0.105 e. The van der Waals surface area contributed by atoms with Gasteiger partial charge in [0.2, 0.25) is 0 Å². The molecule has 0 bridgehead atoms. The van der Waals surface area contributed by atoms with E-state index in [0.717, 1.165) is 13.2 Å². The standard InChI is InChI=1S/C8H10O2/c1-2-3-6(7-4-9-7)8-5-10-8/h2-3,7-8H,1,4-5H2. The molecule has 0 aliphatic carbocycles. The summed E-state index contributed by atoms with van der Waals surface area (Å²) in [5.74, 6) is 0. The summed E-state index contributed by atoms with van der Waals surface area (Å²) >= 11 is 0. The molecular formula is C8H10O2. The van der Waals surface area contributed by atoms with Crippen LogP contribution in [0.5, 0.6) is 0 Å². The van der Waals surface area contributed by atoms with E-state index in [0.29, 0.717) is 12.2 Å². The highest BCUT2D eigenvalue weighted by Gasteiger charge is 2.38. The maximum atomic E-state index is 5.13. The smallest absolute Gasteiger partial charge is 0.105 e. The maximum absolute atomic E-state index is 5.13. The average molecular weight is 138 g/mol. The molecule has 54 valence electrons. The van der Waals surface area contributed by atoms with E-state index in [4.69, 9.17) is 9.47 Å². The third kappa shape index (κ3) is 1.13. The summed E-state index contributed by atoms with van der Waals surface area (Å²) in [6.45, 7) is 5.35. The van der Waals surface area contributed by atoms with Crippen molar-refractivity contribution < 1.29 is 9.47 Å². The molecule has 0 aromatic rings. The van der Waals surface area contributed by atoms with Crippen molar-refractivity contribution in [2.75, 3.05) is 13.2 Å². The highest BCUT2D eigenvalue weighted by molar-refractivity contribution is 5.25. The van der Waals surface area contributed by atoms with E-state index in [9.17, 15) is 0 Å². The molecule has 2 heteroatoms. The van der Waals surface area contributed by atoms with Crippen LogP contribution in [0.15, 0.2) is 24.3 Å². The minimum Gasteiger partial charge on any atom is -0.368 e. The molecule has 2 fully saturated rings. The molecule has 10 heavy (non-hydrogen) atoms. The molecule has 2 saturated heterocycles. The summed E-state index contributed by atoms with van der Waals surface area (Å²) in [4.78, 5) is 0. The summed E-state index contributed by atoms with van der Waals surface area (Å²) in [6.07, 6.45) is 4.46. The molecule has 0 N–H and O–H groups in total. The zero-order valence-electron chi connectivity index (χ0n) is 5.75. The van der Waals surface area contributed by atoms with E-state index in [-0.39, 0.29) is 0 Å². The summed E-state index contributed by atoms with van der Waals surface area (Å²) in [6, 6.07) is 0. The van der Waals surface area contributed by atoms with Crippen LogP contribution >= 0.6 is 0 Å². The second kappa shape index (κ2) is 2.22. The average Bonchev–Trinajstić information content (AvgIpc) is 2.77. The van der Waals surface area contributed by atoms with Crippen molar-refractivity contribution in [1.29, 1.82) is 0 Å². The van der Waals surface area contributed by atoms with Crippen LogP contribution in [0.25, 0.3) is 0 Å². The van der Waals surface area contributed by atoms with Crippen LogP contribution in [0.4, 0.5) is 0 Å². The summed E-state index contributed by atoms with van der Waals surface area (Å²) in [5, 5.41) is 0. The largest absolute Gasteiger partial charge is 0.368 e. The minimum absolute atomic E-state index is 0.338. The summed E-state index contributed by atoms with van der Waals surface area (Å²) < 4.78 is 10.3. The lowest BCUT2D eigenvalue weighted by molar-refractivity contribution is 0.393. The molecule has 0 saturated carbocycles. The molecule has 2 nitrogen and oxygen atoms in total. The van der Waals surface area contributed by atoms with Crippen molar-refractivity contribution in [2.45, 2.75) is 12.2 Å². The highest BCUT2D eigenvalue weighted by atomic mass is 16.6. The van der Waals surface area contributed by atoms with Gasteiger partial charge in [0, 0.05) is 0 Å². The van der Waals surface area contributed by atoms with Gasteiger partial charge in [0.1, 0.15) is 12.2 Å². The van der Waals surface area contributed by atoms with E-state index in [1.807, 2.05) is 6.08 Å². The van der Waals surface area contributed by atoms with Crippen LogP contribution in [0, 0.1) is 0 Å². The third-order valence-electron chi connectivity index (χ3n) is 1.72. The molecule has 2 aliphatic rings. The van der Waals surface area contributed by atoms with Crippen molar-refractivity contribution in [3.8, 4) is 0 Å². The Morgan fingerprint density at radius 2 is 1.80 bits per heavy atom. The monoisotopic (exact) mass is 138 g/mol. The molecule has 0 amide bonds. The van der Waals surface area contributed by atoms with Gasteiger partial charge in [-0.1, -0.05) is 18.7 Å². The quantitative estimate of drug-likeness (QED) is 0.427. The predicted octanol–water partition coefficient (Wildman–Crippen LogP) is 0.896. The van der Waals surface area contributed by atoms with Gasteiger partial charge in [-0.3, -0.25) is 0 Å². The van der Waals surface area contributed by atoms with Gasteiger partial charge in [-0.25, -0.2) is 0 Å². The van der Waals surface area contributed by atoms with Crippen molar-refractivity contribution in [2.24, 2.45) is 0 Å². The third-order valence-corrected chi connectivity index (χ3v) is 1.72. The van der Waals surface area contributed by atoms with Crippen LogP contribution in [-0.4, -0.2) is 25.4 Å². The Morgan fingerprint density at radius 1 is 1.30 bits per heavy atom. The van der Waals surface area contributed by atoms with E-state index in [2.05, 4.69) is 6.58 Å². The first-order valence-corrected chi connectivity index (χ1v) is 3.47. The molecule has 2 unspecified atom stereocenters. The second-order valence-electron chi connectivity index (χ2n) is 2.55. The van der Waals surface area contributed by atoms with E-state index >= 15 is 0 Å². The zero-order valence-corrected chi connectivity index (χ0v) is 5.75. The molecule has 0 spiro atoms. The number of hydrogen-bond acceptors (Lipinski definition) is 2. The van der Waals surface area contributed by atoms with Gasteiger partial charge in [-0.2, -0.15) is 0 Å². The fourth-order valence-electron chi connectivity index (χ4n) is 1.04. The Bertz CT molecular complexity index is 162. The predicted molar refractivity (Wildman–Crippen MR) is 37.8 cm³/mol. The SMILES string of the molecule is C=CC=C(C1CO1)C1CO1. The molecule has 2 rings (SSSR count). The van der Waals surface area contributed by atoms with Gasteiger partial charge in [-0.05, 0) is 5.57 Å². The second-order valence-corrected chi connectivity index (χ2v) is 2.55. The Kier molecular flexibility index (Phi) is 1.36. The van der Waals surface area contributed by atoms with Crippen LogP contribution in [0.2, 0.25) is 0 Å². The van der Waals surface area contributed by atoms with E-state index in [1.165, 1.54) is 5.57 Å². The molecule has 2 heterocycles. The Hall–Kier alpha value is -0.600. The normalized spacial score (nSPS) is 34.8. The number of hydrogen-bond donors (Lipinski definition) is 0. The first kappa shape index (κ1) is 6.13. The van der Waals surface area contributed by atoms with Crippen LogP contribution in [-0.2, 0) is 9.47 Å². The van der Waals surface area contributed by atoms with Crippen molar-refractivity contribution in [3.63, 3.8) is 0 Å². The van der Waals surface area contributed by atoms with E-state index < -0.39 is 0 Å². The lowest BCUT2D eigenvalue weighted by Crippen LogP contribution is -1.99. The van der Waals surface area contributed by atoms with Crippen molar-refractivity contribution in [3.05, 3.63) is 24.3 Å². The molecule has 0 aromatic heterocycles. The lowest BCUT2D eigenvalue weighted by Gasteiger charge is -1.94. The Morgan fingerprint density at radius 3 is 2.10 bits per heavy atom. The van der Waals surface area contributed by atoms with Crippen LogP contribution in [0.3, 0.4) is 0 Å². The number of ether oxygens (including phenoxy) is 2. The summed E-state index contributed by atoms with van der Waals surface area (Å²) in [7, 11) is 0. The first-order chi connectivity index (χ1) is 4.92. The fraction of sp³-hybridized carbons (Fsp3) is 0.500. The topological polar surface area (TPSA) is 25.1 Å². The molecule has 0 aromatic carbocycles. The fourth-order valence-corrected chi connectivity index (χ4v) is 1.04. The van der Waals surface area contributed by atoms with Crippen LogP contribution in [0.1, 0.15) is 0 Å². The van der Waals surface area contributed by atoms with Crippen molar-refractivity contribution >= 4 is 0 Å². The van der Waals surface area contributed by atoms with Crippen LogP contribution < -0.4 is 0 Å². The Labute approximate surface area is 60.1 Å². The zero-order chi connectivity index (χ0) is 6.97. The van der Waals surface area contributed by atoms with Gasteiger partial charge in [-0.15, -0.1) is 0 Å². The van der Waals surface area contributed by atoms with Gasteiger partial charge in [0.05, 0.1) is 13.2 Å². The molecule has 0 radical (unpaired) electrons. The van der Waals surface area contributed by atoms with Crippen molar-refractivity contribution in [1.82, 2.24) is 0 Å². The highest BCUT2D eigenvalue weighted by Crippen LogP contribution is 2.30. The van der Waals surface area contributed by atoms with E-state index in [1.54, 1.807) is 6.08 Å². The van der Waals surface area contributed by atoms with Gasteiger partial charge < -0.3 is 9.47 Å².